The van der Waals surface area contributed by atoms with E-state index in [2.05, 4.69) is 15.6 Å². The summed E-state index contributed by atoms with van der Waals surface area (Å²) in [5.74, 6) is -2.88. The molecule has 0 saturated carbocycles. The summed E-state index contributed by atoms with van der Waals surface area (Å²) in [6.07, 6.45) is 1.39. The van der Waals surface area contributed by atoms with Crippen LogP contribution in [0.3, 0.4) is 0 Å². The minimum absolute atomic E-state index is 0.00130. The van der Waals surface area contributed by atoms with Gasteiger partial charge in [-0.2, -0.15) is 0 Å². The Balaban J connectivity index is 1.78. The summed E-state index contributed by atoms with van der Waals surface area (Å²) in [6.45, 7) is 1.45. The predicted molar refractivity (Wildman–Crippen MR) is 190 cm³/mol. The number of carbonyl (C=O) groups excluding carboxylic acids is 4. The van der Waals surface area contributed by atoms with Crippen LogP contribution in [0.15, 0.2) is 89.9 Å². The number of nitrogens with one attached hydrogen (secondary N) is 2. The predicted octanol–water partition coefficient (Wildman–Crippen LogP) is 2.11. The van der Waals surface area contributed by atoms with E-state index in [1.807, 2.05) is 6.07 Å². The van der Waals surface area contributed by atoms with Crippen molar-refractivity contribution in [3.05, 3.63) is 102 Å². The molecular weight excluding hydrogens is 662 g/mol. The number of rotatable bonds is 18. The highest BCUT2D eigenvalue weighted by molar-refractivity contribution is 7.84. The lowest BCUT2D eigenvalue weighted by molar-refractivity contribution is -0.139. The number of nitrogens with two attached hydrogens (primary N) is 1. The van der Waals surface area contributed by atoms with Crippen molar-refractivity contribution in [2.75, 3.05) is 25.6 Å². The molecule has 0 spiro atoms. The monoisotopic (exact) mass is 705 g/mol. The first-order chi connectivity index (χ1) is 23.8. The number of hydrogen-bond acceptors (Lipinski definition) is 8. The largest absolute Gasteiger partial charge is 0.481 e. The fourth-order valence-corrected chi connectivity index (χ4v) is 5.45. The van der Waals surface area contributed by atoms with Crippen molar-refractivity contribution >= 4 is 46.3 Å². The topological polar surface area (TPSA) is 198 Å². The molecule has 0 aromatic heterocycles. The maximum absolute atomic E-state index is 13.7. The maximum Gasteiger partial charge on any atom is 0.343 e. The van der Waals surface area contributed by atoms with E-state index in [4.69, 9.17) is 15.6 Å². The lowest BCUT2D eigenvalue weighted by Gasteiger charge is -2.27. The fourth-order valence-electron chi connectivity index (χ4n) is 4.88. The molecule has 3 amide bonds. The molecule has 0 saturated heterocycles. The van der Waals surface area contributed by atoms with Gasteiger partial charge in [0.05, 0.1) is 17.8 Å². The Kier molecular flexibility index (Phi) is 15.3. The highest BCUT2D eigenvalue weighted by Crippen LogP contribution is 2.17. The normalized spacial score (nSPS) is 13.6. The number of likely N-dealkylation sites (N-methyl/N-ethyl adjacent to an activating group) is 1. The third kappa shape index (κ3) is 13.3. The van der Waals surface area contributed by atoms with Crippen molar-refractivity contribution < 1.29 is 38.0 Å². The number of carbonyl (C=O) groups is 5. The van der Waals surface area contributed by atoms with E-state index in [-0.39, 0.29) is 43.8 Å². The van der Waals surface area contributed by atoms with Gasteiger partial charge in [0.2, 0.25) is 17.7 Å². The molecule has 5 N–H and O–H groups in total. The van der Waals surface area contributed by atoms with Crippen molar-refractivity contribution in [1.29, 1.82) is 0 Å². The number of carboxylic acids is 1. The van der Waals surface area contributed by atoms with E-state index < -0.39 is 58.6 Å². The lowest BCUT2D eigenvalue weighted by atomic mass is 10.0. The van der Waals surface area contributed by atoms with Gasteiger partial charge in [0, 0.05) is 49.2 Å². The van der Waals surface area contributed by atoms with E-state index in [0.717, 1.165) is 5.56 Å². The van der Waals surface area contributed by atoms with Crippen LogP contribution in [0.5, 0.6) is 5.75 Å². The second kappa shape index (κ2) is 19.6. The Morgan fingerprint density at radius 2 is 1.44 bits per heavy atom. The third-order valence-corrected chi connectivity index (χ3v) is 8.31. The summed E-state index contributed by atoms with van der Waals surface area (Å²) in [5, 5.41) is 14.5. The molecule has 14 heteroatoms. The van der Waals surface area contributed by atoms with E-state index in [9.17, 15) is 28.2 Å². The molecule has 3 rings (SSSR count). The highest BCUT2D eigenvalue weighted by Gasteiger charge is 2.31. The molecule has 50 heavy (non-hydrogen) atoms. The lowest BCUT2D eigenvalue weighted by Crippen LogP contribution is -2.56. The maximum atomic E-state index is 13.7. The first-order valence-electron chi connectivity index (χ1n) is 15.9. The van der Waals surface area contributed by atoms with Gasteiger partial charge in [0.15, 0.2) is 0 Å². The van der Waals surface area contributed by atoms with Crippen LogP contribution in [-0.4, -0.2) is 93.4 Å². The summed E-state index contributed by atoms with van der Waals surface area (Å²) in [4.78, 5) is 69.9. The second-order valence-electron chi connectivity index (χ2n) is 11.7. The number of amidine groups is 1. The number of nitrogens with zero attached hydrogens (tertiary/aromatic N) is 2. The second-order valence-corrected chi connectivity index (χ2v) is 13.2. The smallest absolute Gasteiger partial charge is 0.343 e. The minimum Gasteiger partial charge on any atom is -0.481 e. The molecule has 1 unspecified atom stereocenters. The molecule has 0 radical (unpaired) electrons. The van der Waals surface area contributed by atoms with Gasteiger partial charge in [0.25, 0.3) is 0 Å². The highest BCUT2D eigenvalue weighted by atomic mass is 32.2. The molecule has 0 aliphatic carbocycles. The summed E-state index contributed by atoms with van der Waals surface area (Å²) in [5.41, 5.74) is 7.68. The molecule has 0 fully saturated rings. The number of amides is 3. The molecule has 0 aliphatic rings. The Morgan fingerprint density at radius 3 is 2.02 bits per heavy atom. The van der Waals surface area contributed by atoms with Gasteiger partial charge in [-0.25, -0.2) is 4.79 Å². The van der Waals surface area contributed by atoms with Gasteiger partial charge in [0.1, 0.15) is 23.9 Å². The van der Waals surface area contributed by atoms with E-state index in [1.54, 1.807) is 78.9 Å². The average molecular weight is 706 g/mol. The molecule has 0 bridgehead atoms. The van der Waals surface area contributed by atoms with Crippen LogP contribution in [0.1, 0.15) is 41.3 Å². The Labute approximate surface area is 293 Å². The molecule has 0 aliphatic heterocycles. The molecule has 4 atom stereocenters. The van der Waals surface area contributed by atoms with Crippen molar-refractivity contribution in [2.24, 2.45) is 10.7 Å². The van der Waals surface area contributed by atoms with Crippen LogP contribution in [0.4, 0.5) is 0 Å². The van der Waals surface area contributed by atoms with Crippen LogP contribution in [0.25, 0.3) is 0 Å². The standard InChI is InChI=1S/C36H43N5O8S/c1-24(37)38-30(22-26-14-16-28(17-15-26)49-36(47)27-12-8-5-9-13-27)34(45)39-29(19-21-50(3)48)33(44)40-31(23-25-10-6-4-7-11-25)35(46)41(2)20-18-32(42)43/h4-17,29-31H,18-23H2,1-3H3,(H2,37,38)(H,39,45)(H,40,44)(H,42,43)/t29-,30+,31+,50?/m1/s1. The zero-order valence-corrected chi connectivity index (χ0v) is 29.1. The van der Waals surface area contributed by atoms with Crippen molar-refractivity contribution in [2.45, 2.75) is 50.7 Å². The first-order valence-corrected chi connectivity index (χ1v) is 17.6. The molecule has 266 valence electrons. The molecular formula is C36H43N5O8S. The number of carboxylic acid groups (broad SMARTS) is 1. The van der Waals surface area contributed by atoms with Crippen molar-refractivity contribution in [3.8, 4) is 5.75 Å². The van der Waals surface area contributed by atoms with E-state index in [0.29, 0.717) is 16.9 Å². The zero-order valence-electron chi connectivity index (χ0n) is 28.2. The Hall–Kier alpha value is -5.37. The quantitative estimate of drug-likeness (QED) is 0.0663. The van der Waals surface area contributed by atoms with Gasteiger partial charge in [-0.1, -0.05) is 60.7 Å². The number of esters is 1. The average Bonchev–Trinajstić information content (AvgIpc) is 3.09. The zero-order chi connectivity index (χ0) is 36.6. The number of aliphatic carboxylic acids is 1. The van der Waals surface area contributed by atoms with Crippen LogP contribution < -0.4 is 21.1 Å². The number of hydrogen-bond donors (Lipinski definition) is 4. The molecule has 3 aromatic rings. The van der Waals surface area contributed by atoms with Crippen LogP contribution in [0.2, 0.25) is 0 Å². The Morgan fingerprint density at radius 1 is 0.860 bits per heavy atom. The fraction of sp³-hybridized carbons (Fsp3) is 0.333. The SMILES string of the molecule is CC(N)=N[C@@H](Cc1ccc(OC(=O)c2ccccc2)cc1)C(=O)N[C@H](CCS(C)=O)C(=O)N[C@@H](Cc1ccccc1)C(=O)N(C)CCC(=O)O. The van der Waals surface area contributed by atoms with E-state index >= 15 is 0 Å². The van der Waals surface area contributed by atoms with Gasteiger partial charge >= 0.3 is 11.9 Å². The van der Waals surface area contributed by atoms with Gasteiger partial charge in [-0.3, -0.25) is 28.4 Å². The third-order valence-electron chi connectivity index (χ3n) is 7.50. The summed E-state index contributed by atoms with van der Waals surface area (Å²) >= 11 is 0. The van der Waals surface area contributed by atoms with Crippen LogP contribution in [-0.2, 0) is 42.8 Å². The Bertz CT molecular complexity index is 1660. The number of aliphatic imine (C=N–C) groups is 1. The van der Waals surface area contributed by atoms with Gasteiger partial charge in [-0.15, -0.1) is 0 Å². The van der Waals surface area contributed by atoms with Crippen LogP contribution in [0, 0.1) is 0 Å². The number of ether oxygens (including phenoxy) is 1. The summed E-state index contributed by atoms with van der Waals surface area (Å²) < 4.78 is 17.5. The first kappa shape index (κ1) is 39.1. The molecule has 3 aromatic carbocycles. The van der Waals surface area contributed by atoms with E-state index in [1.165, 1.54) is 25.1 Å². The van der Waals surface area contributed by atoms with Crippen molar-refractivity contribution in [3.63, 3.8) is 0 Å². The molecule has 13 nitrogen and oxygen atoms in total. The van der Waals surface area contributed by atoms with Gasteiger partial charge in [-0.05, 0) is 48.7 Å². The summed E-state index contributed by atoms with van der Waals surface area (Å²) in [6, 6.07) is 20.7. The van der Waals surface area contributed by atoms with Gasteiger partial charge < -0.3 is 31.1 Å². The minimum atomic E-state index is -1.30. The summed E-state index contributed by atoms with van der Waals surface area (Å²) in [7, 11) is 0.150. The van der Waals surface area contributed by atoms with Crippen LogP contribution >= 0.6 is 0 Å². The number of benzene rings is 3. The van der Waals surface area contributed by atoms with Crippen molar-refractivity contribution in [1.82, 2.24) is 15.5 Å². The molecule has 0 heterocycles.